The number of halogens is 1. The van der Waals surface area contributed by atoms with Crippen LogP contribution in [0.2, 0.25) is 0 Å². The Kier molecular flexibility index (Phi) is 3.36. The van der Waals surface area contributed by atoms with Gasteiger partial charge in [0, 0.05) is 10.8 Å². The number of ether oxygens (including phenoxy) is 1. The molecule has 0 saturated heterocycles. The monoisotopic (exact) mass is 348 g/mol. The van der Waals surface area contributed by atoms with E-state index in [1.807, 2.05) is 13.8 Å². The molecular weight excluding hydrogens is 327 g/mol. The predicted molar refractivity (Wildman–Crippen MR) is 78.3 cm³/mol. The van der Waals surface area contributed by atoms with Gasteiger partial charge in [-0.15, -0.1) is 0 Å². The Morgan fingerprint density at radius 3 is 2.59 bits per heavy atom. The molecule has 1 heterocycles. The number of alkyl halides is 1. The highest BCUT2D eigenvalue weighted by atomic mass is 127. The summed E-state index contributed by atoms with van der Waals surface area (Å²) in [7, 11) is 0. The van der Waals surface area contributed by atoms with Crippen molar-refractivity contribution >= 4 is 22.6 Å². The minimum atomic E-state index is -0.690. The fourth-order valence-corrected chi connectivity index (χ4v) is 3.16. The quantitative estimate of drug-likeness (QED) is 0.578. The summed E-state index contributed by atoms with van der Waals surface area (Å²) in [6.45, 7) is 8.16. The molecule has 3 heteroatoms. The van der Waals surface area contributed by atoms with Crippen LogP contribution in [0.1, 0.15) is 47.0 Å². The van der Waals surface area contributed by atoms with E-state index in [-0.39, 0.29) is 5.60 Å². The highest BCUT2D eigenvalue weighted by molar-refractivity contribution is 14.1. The summed E-state index contributed by atoms with van der Waals surface area (Å²) in [4.78, 5) is 0. The van der Waals surface area contributed by atoms with Crippen molar-refractivity contribution in [3.05, 3.63) is 22.5 Å². The smallest absolute Gasteiger partial charge is 0.122 e. The van der Waals surface area contributed by atoms with Gasteiger partial charge in [-0.2, -0.15) is 0 Å². The zero-order valence-corrected chi connectivity index (χ0v) is 13.2. The number of rotatable bonds is 1. The highest BCUT2D eigenvalue weighted by Gasteiger charge is 2.39. The minimum Gasteiger partial charge on any atom is -0.487 e. The van der Waals surface area contributed by atoms with Crippen molar-refractivity contribution in [2.75, 3.05) is 4.43 Å². The van der Waals surface area contributed by atoms with Gasteiger partial charge in [0.15, 0.2) is 0 Å². The van der Waals surface area contributed by atoms with Gasteiger partial charge in [0.05, 0.1) is 5.60 Å². The van der Waals surface area contributed by atoms with Crippen molar-refractivity contribution in [1.82, 2.24) is 0 Å². The second-order valence-corrected chi connectivity index (χ2v) is 6.58. The number of hydrogen-bond donors (Lipinski definition) is 1. The molecular formula is C14H21IO2. The van der Waals surface area contributed by atoms with E-state index in [9.17, 15) is 5.11 Å². The van der Waals surface area contributed by atoms with Crippen LogP contribution < -0.4 is 0 Å². The van der Waals surface area contributed by atoms with Crippen LogP contribution in [0.25, 0.3) is 0 Å². The molecule has 0 bridgehead atoms. The molecule has 0 radical (unpaired) electrons. The van der Waals surface area contributed by atoms with E-state index in [0.717, 1.165) is 40.6 Å². The largest absolute Gasteiger partial charge is 0.487 e. The second kappa shape index (κ2) is 4.26. The molecule has 17 heavy (non-hydrogen) atoms. The van der Waals surface area contributed by atoms with Crippen LogP contribution in [0.5, 0.6) is 0 Å². The standard InChI is InChI=1S/C14H21IO2/c1-9-10(2)14(4,16)7-11-5-6-13(3,8-15)17-12(9)11/h16H,5-8H2,1-4H3. The molecule has 2 atom stereocenters. The van der Waals surface area contributed by atoms with Crippen molar-refractivity contribution in [3.63, 3.8) is 0 Å². The number of hydrogen-bond acceptors (Lipinski definition) is 2. The predicted octanol–water partition coefficient (Wildman–Crippen LogP) is 3.74. The fourth-order valence-electron chi connectivity index (χ4n) is 2.63. The molecule has 2 aliphatic rings. The fraction of sp³-hybridized carbons (Fsp3) is 0.714. The topological polar surface area (TPSA) is 29.5 Å². The van der Waals surface area contributed by atoms with Crippen LogP contribution in [0.15, 0.2) is 22.5 Å². The Morgan fingerprint density at radius 1 is 1.35 bits per heavy atom. The number of aliphatic hydroxyl groups is 1. The summed E-state index contributed by atoms with van der Waals surface area (Å²) < 4.78 is 7.21. The summed E-state index contributed by atoms with van der Waals surface area (Å²) in [6.07, 6.45) is 2.83. The van der Waals surface area contributed by atoms with Gasteiger partial charge in [-0.3, -0.25) is 0 Å². The first-order valence-electron chi connectivity index (χ1n) is 6.17. The SMILES string of the molecule is CC1=C(C)C(C)(O)CC2=C1OC(C)(CI)CC2. The van der Waals surface area contributed by atoms with E-state index >= 15 is 0 Å². The molecule has 1 aliphatic carbocycles. The van der Waals surface area contributed by atoms with E-state index in [0.29, 0.717) is 0 Å². The summed E-state index contributed by atoms with van der Waals surface area (Å²) in [6, 6.07) is 0. The Bertz CT molecular complexity index is 406. The summed E-state index contributed by atoms with van der Waals surface area (Å²) >= 11 is 2.39. The molecule has 1 aliphatic heterocycles. The molecule has 0 aromatic heterocycles. The second-order valence-electron chi connectivity index (χ2n) is 5.82. The molecule has 0 saturated carbocycles. The normalized spacial score (nSPS) is 38.0. The lowest BCUT2D eigenvalue weighted by Gasteiger charge is -2.42. The molecule has 96 valence electrons. The van der Waals surface area contributed by atoms with Crippen molar-refractivity contribution in [2.24, 2.45) is 0 Å². The molecule has 0 spiro atoms. The molecule has 0 aromatic rings. The maximum atomic E-state index is 10.4. The molecule has 2 rings (SSSR count). The zero-order chi connectivity index (χ0) is 12.8. The first-order valence-corrected chi connectivity index (χ1v) is 7.69. The third-order valence-corrected chi connectivity index (χ3v) is 5.79. The van der Waals surface area contributed by atoms with Crippen LogP contribution in [0.4, 0.5) is 0 Å². The van der Waals surface area contributed by atoms with Gasteiger partial charge in [0.1, 0.15) is 11.4 Å². The number of allylic oxidation sites excluding steroid dienone is 1. The van der Waals surface area contributed by atoms with Crippen LogP contribution >= 0.6 is 22.6 Å². The van der Waals surface area contributed by atoms with Crippen molar-refractivity contribution < 1.29 is 9.84 Å². The Labute approximate surface area is 117 Å². The van der Waals surface area contributed by atoms with Gasteiger partial charge in [0.2, 0.25) is 0 Å². The van der Waals surface area contributed by atoms with Crippen molar-refractivity contribution in [2.45, 2.75) is 58.2 Å². The molecule has 1 N–H and O–H groups in total. The molecule has 0 aromatic carbocycles. The summed E-state index contributed by atoms with van der Waals surface area (Å²) in [5.74, 6) is 1.06. The first-order chi connectivity index (χ1) is 7.79. The van der Waals surface area contributed by atoms with E-state index in [4.69, 9.17) is 4.74 Å². The summed E-state index contributed by atoms with van der Waals surface area (Å²) in [5.41, 5.74) is 2.75. The molecule has 2 unspecified atom stereocenters. The van der Waals surface area contributed by atoms with Crippen molar-refractivity contribution in [1.29, 1.82) is 0 Å². The van der Waals surface area contributed by atoms with Crippen molar-refractivity contribution in [3.8, 4) is 0 Å². The average molecular weight is 348 g/mol. The van der Waals surface area contributed by atoms with Gasteiger partial charge in [-0.1, -0.05) is 22.6 Å². The van der Waals surface area contributed by atoms with Gasteiger partial charge in [-0.05, 0) is 57.3 Å². The Hall–Kier alpha value is -0.0300. The third kappa shape index (κ3) is 2.28. The Morgan fingerprint density at radius 2 is 2.00 bits per heavy atom. The van der Waals surface area contributed by atoms with E-state index in [1.54, 1.807) is 0 Å². The van der Waals surface area contributed by atoms with Crippen LogP contribution in [-0.4, -0.2) is 20.7 Å². The molecule has 0 amide bonds. The Balaban J connectivity index is 2.39. The van der Waals surface area contributed by atoms with E-state index in [1.165, 1.54) is 5.57 Å². The third-order valence-electron chi connectivity index (χ3n) is 4.18. The minimum absolute atomic E-state index is 0.0376. The van der Waals surface area contributed by atoms with Gasteiger partial charge >= 0.3 is 0 Å². The maximum absolute atomic E-state index is 10.4. The lowest BCUT2D eigenvalue weighted by molar-refractivity contribution is 0.0109. The van der Waals surface area contributed by atoms with Crippen LogP contribution in [0, 0.1) is 0 Å². The molecule has 2 nitrogen and oxygen atoms in total. The molecule has 0 fully saturated rings. The average Bonchev–Trinajstić information content (AvgIpc) is 2.28. The van der Waals surface area contributed by atoms with E-state index < -0.39 is 5.60 Å². The van der Waals surface area contributed by atoms with Crippen LogP contribution in [0.3, 0.4) is 0 Å². The highest BCUT2D eigenvalue weighted by Crippen LogP contribution is 2.45. The van der Waals surface area contributed by atoms with Gasteiger partial charge < -0.3 is 9.84 Å². The lowest BCUT2D eigenvalue weighted by atomic mass is 9.77. The zero-order valence-electron chi connectivity index (χ0n) is 11.1. The van der Waals surface area contributed by atoms with E-state index in [2.05, 4.69) is 36.4 Å². The lowest BCUT2D eigenvalue weighted by Crippen LogP contribution is -2.39. The maximum Gasteiger partial charge on any atom is 0.122 e. The van der Waals surface area contributed by atoms with Gasteiger partial charge in [0.25, 0.3) is 0 Å². The summed E-state index contributed by atoms with van der Waals surface area (Å²) in [5, 5.41) is 10.4. The van der Waals surface area contributed by atoms with Gasteiger partial charge in [-0.25, -0.2) is 0 Å². The first kappa shape index (κ1) is 13.4. The van der Waals surface area contributed by atoms with Crippen LogP contribution in [-0.2, 0) is 4.74 Å².